The number of nitrogens with one attached hydrogen (secondary N) is 1. The first kappa shape index (κ1) is 18.3. The minimum Gasteiger partial charge on any atom is -0.381 e. The highest BCUT2D eigenvalue weighted by atomic mass is 19.1. The van der Waals surface area contributed by atoms with E-state index in [1.807, 2.05) is 4.90 Å². The molecule has 4 aromatic rings. The highest BCUT2D eigenvalue weighted by molar-refractivity contribution is 5.78. The first-order chi connectivity index (χ1) is 14.7. The van der Waals surface area contributed by atoms with E-state index in [1.165, 1.54) is 16.8 Å². The molecule has 150 valence electrons. The monoisotopic (exact) mass is 403 g/mol. The van der Waals surface area contributed by atoms with Crippen molar-refractivity contribution in [3.63, 3.8) is 0 Å². The van der Waals surface area contributed by atoms with Crippen molar-refractivity contribution >= 4 is 17.3 Å². The molecule has 0 radical (unpaired) electrons. The third kappa shape index (κ3) is 3.27. The fourth-order valence-electron chi connectivity index (χ4n) is 3.79. The Balaban J connectivity index is 1.63. The number of benzene rings is 1. The summed E-state index contributed by atoms with van der Waals surface area (Å²) in [4.78, 5) is 6.80. The number of nitriles is 1. The highest BCUT2D eigenvalue weighted by Crippen LogP contribution is 2.31. The van der Waals surface area contributed by atoms with Crippen molar-refractivity contribution in [2.45, 2.75) is 18.9 Å². The molecule has 5 rings (SSSR count). The molecule has 3 aromatic heterocycles. The summed E-state index contributed by atoms with van der Waals surface area (Å²) < 4.78 is 21.3. The maximum Gasteiger partial charge on any atom is 0.250 e. The van der Waals surface area contributed by atoms with Crippen molar-refractivity contribution in [3.05, 3.63) is 60.3 Å². The van der Waals surface area contributed by atoms with E-state index in [4.69, 9.17) is 15.0 Å². The maximum absolute atomic E-state index is 14.4. The Morgan fingerprint density at radius 1 is 1.23 bits per heavy atom. The SMILES string of the molecule is N#Cc1ccc(-c2cc(F)cn3nc(N(c4cn[nH]c4)C4CCOCC4)nc23)cc1. The number of hydrogen-bond acceptors (Lipinski definition) is 6. The third-order valence-electron chi connectivity index (χ3n) is 5.25. The predicted molar refractivity (Wildman–Crippen MR) is 108 cm³/mol. The molecule has 0 bridgehead atoms. The van der Waals surface area contributed by atoms with Crippen LogP contribution in [0, 0.1) is 17.1 Å². The summed E-state index contributed by atoms with van der Waals surface area (Å²) in [6, 6.07) is 10.7. The smallest absolute Gasteiger partial charge is 0.250 e. The third-order valence-corrected chi connectivity index (χ3v) is 5.25. The molecule has 9 heteroatoms. The zero-order valence-corrected chi connectivity index (χ0v) is 16.0. The number of ether oxygens (including phenoxy) is 1. The van der Waals surface area contributed by atoms with E-state index in [-0.39, 0.29) is 6.04 Å². The molecular weight excluding hydrogens is 385 g/mol. The molecule has 1 aromatic carbocycles. The van der Waals surface area contributed by atoms with Gasteiger partial charge in [0.2, 0.25) is 0 Å². The molecule has 1 saturated heterocycles. The van der Waals surface area contributed by atoms with Crippen molar-refractivity contribution in [1.29, 1.82) is 5.26 Å². The Kier molecular flexibility index (Phi) is 4.61. The van der Waals surface area contributed by atoms with Crippen LogP contribution in [0.4, 0.5) is 16.0 Å². The van der Waals surface area contributed by atoms with E-state index in [2.05, 4.69) is 21.4 Å². The van der Waals surface area contributed by atoms with Gasteiger partial charge in [-0.25, -0.2) is 8.91 Å². The van der Waals surface area contributed by atoms with E-state index in [9.17, 15) is 4.39 Å². The number of anilines is 2. The van der Waals surface area contributed by atoms with Crippen LogP contribution < -0.4 is 4.90 Å². The summed E-state index contributed by atoms with van der Waals surface area (Å²) >= 11 is 0. The van der Waals surface area contributed by atoms with Gasteiger partial charge in [-0.15, -0.1) is 5.10 Å². The fourth-order valence-corrected chi connectivity index (χ4v) is 3.79. The van der Waals surface area contributed by atoms with Crippen molar-refractivity contribution < 1.29 is 9.13 Å². The Bertz CT molecular complexity index is 1200. The first-order valence-electron chi connectivity index (χ1n) is 9.65. The zero-order chi connectivity index (χ0) is 20.5. The van der Waals surface area contributed by atoms with Crippen molar-refractivity contribution in [1.82, 2.24) is 24.8 Å². The molecule has 0 amide bonds. The molecule has 0 atom stereocenters. The summed E-state index contributed by atoms with van der Waals surface area (Å²) in [7, 11) is 0. The maximum atomic E-state index is 14.4. The van der Waals surface area contributed by atoms with Gasteiger partial charge < -0.3 is 9.64 Å². The number of fused-ring (bicyclic) bond motifs is 1. The number of aromatic amines is 1. The van der Waals surface area contributed by atoms with Crippen LogP contribution in [0.25, 0.3) is 16.8 Å². The van der Waals surface area contributed by atoms with Gasteiger partial charge in [0.1, 0.15) is 5.82 Å². The molecule has 1 aliphatic rings. The van der Waals surface area contributed by atoms with Gasteiger partial charge in [-0.3, -0.25) is 5.10 Å². The van der Waals surface area contributed by atoms with Gasteiger partial charge >= 0.3 is 0 Å². The van der Waals surface area contributed by atoms with Gasteiger partial charge in [-0.1, -0.05) is 12.1 Å². The van der Waals surface area contributed by atoms with E-state index in [0.717, 1.165) is 24.1 Å². The molecule has 1 fully saturated rings. The minimum atomic E-state index is -0.417. The quantitative estimate of drug-likeness (QED) is 0.561. The first-order valence-corrected chi connectivity index (χ1v) is 9.65. The van der Waals surface area contributed by atoms with Crippen molar-refractivity contribution in [2.75, 3.05) is 18.1 Å². The van der Waals surface area contributed by atoms with Crippen molar-refractivity contribution in [2.24, 2.45) is 0 Å². The molecule has 0 aliphatic carbocycles. The normalized spacial score (nSPS) is 14.7. The number of pyridine rings is 1. The number of hydrogen-bond donors (Lipinski definition) is 1. The lowest BCUT2D eigenvalue weighted by Gasteiger charge is -2.32. The lowest BCUT2D eigenvalue weighted by Crippen LogP contribution is -2.36. The second kappa shape index (κ2) is 7.57. The second-order valence-electron chi connectivity index (χ2n) is 7.11. The van der Waals surface area contributed by atoms with Gasteiger partial charge in [0.05, 0.1) is 29.7 Å². The highest BCUT2D eigenvalue weighted by Gasteiger charge is 2.27. The van der Waals surface area contributed by atoms with Crippen LogP contribution >= 0.6 is 0 Å². The van der Waals surface area contributed by atoms with Crippen LogP contribution in [0.2, 0.25) is 0 Å². The number of halogens is 1. The molecule has 8 nitrogen and oxygen atoms in total. The standard InChI is InChI=1S/C21H18FN7O/c22-16-9-19(15-3-1-14(10-23)2-4-15)20-26-21(27-28(20)13-16)29(18-11-24-25-12-18)17-5-7-30-8-6-17/h1-4,9,11-13,17H,5-8H2,(H,24,25). The van der Waals surface area contributed by atoms with Gasteiger partial charge in [-0.05, 0) is 36.6 Å². The largest absolute Gasteiger partial charge is 0.381 e. The predicted octanol–water partition coefficient (Wildman–Crippen LogP) is 3.45. The topological polar surface area (TPSA) is 95.1 Å². The van der Waals surface area contributed by atoms with Gasteiger partial charge in [0.25, 0.3) is 5.95 Å². The molecule has 30 heavy (non-hydrogen) atoms. The van der Waals surface area contributed by atoms with Crippen LogP contribution in [0.15, 0.2) is 48.9 Å². The van der Waals surface area contributed by atoms with E-state index in [1.54, 1.807) is 36.7 Å². The average Bonchev–Trinajstić information content (AvgIpc) is 3.45. The van der Waals surface area contributed by atoms with Gasteiger partial charge in [-0.2, -0.15) is 15.3 Å². The Hall–Kier alpha value is -3.77. The number of rotatable bonds is 4. The lowest BCUT2D eigenvalue weighted by atomic mass is 10.1. The Morgan fingerprint density at radius 2 is 2.03 bits per heavy atom. The number of H-pyrrole nitrogens is 1. The molecule has 1 aliphatic heterocycles. The lowest BCUT2D eigenvalue weighted by molar-refractivity contribution is 0.0863. The Morgan fingerprint density at radius 3 is 2.73 bits per heavy atom. The summed E-state index contributed by atoms with van der Waals surface area (Å²) in [5.41, 5.74) is 3.30. The van der Waals surface area contributed by atoms with E-state index < -0.39 is 5.82 Å². The fraction of sp³-hybridized carbons (Fsp3) is 0.238. The van der Waals surface area contributed by atoms with Crippen LogP contribution in [0.5, 0.6) is 0 Å². The van der Waals surface area contributed by atoms with Crippen LogP contribution in [0.3, 0.4) is 0 Å². The number of aromatic nitrogens is 5. The summed E-state index contributed by atoms with van der Waals surface area (Å²) in [5.74, 6) is 0.0584. The van der Waals surface area contributed by atoms with Gasteiger partial charge in [0.15, 0.2) is 5.65 Å². The zero-order valence-electron chi connectivity index (χ0n) is 16.0. The molecule has 0 unspecified atom stereocenters. The molecular formula is C21H18FN7O. The van der Waals surface area contributed by atoms with Crippen LogP contribution in [-0.4, -0.2) is 44.1 Å². The number of nitrogens with zero attached hydrogens (tertiary/aromatic N) is 6. The van der Waals surface area contributed by atoms with Crippen LogP contribution in [0.1, 0.15) is 18.4 Å². The van der Waals surface area contributed by atoms with E-state index in [0.29, 0.717) is 35.9 Å². The summed E-state index contributed by atoms with van der Waals surface area (Å²) in [6.07, 6.45) is 6.50. The summed E-state index contributed by atoms with van der Waals surface area (Å²) in [6.45, 7) is 1.33. The second-order valence-corrected chi connectivity index (χ2v) is 7.11. The molecule has 0 saturated carbocycles. The molecule has 0 spiro atoms. The minimum absolute atomic E-state index is 0.150. The average molecular weight is 403 g/mol. The van der Waals surface area contributed by atoms with Crippen molar-refractivity contribution in [3.8, 4) is 17.2 Å². The van der Waals surface area contributed by atoms with E-state index >= 15 is 0 Å². The van der Waals surface area contributed by atoms with Crippen LogP contribution in [-0.2, 0) is 4.74 Å². The Labute approximate surface area is 171 Å². The summed E-state index contributed by atoms with van der Waals surface area (Å²) in [5, 5.41) is 20.5. The molecule has 4 heterocycles. The van der Waals surface area contributed by atoms with Gasteiger partial charge in [0, 0.05) is 31.0 Å². The molecule has 1 N–H and O–H groups in total.